The second-order valence-electron chi connectivity index (χ2n) is 7.66. The van der Waals surface area contributed by atoms with Crippen LogP contribution < -0.4 is 5.32 Å². The first kappa shape index (κ1) is 17.2. The highest BCUT2D eigenvalue weighted by Gasteiger charge is 2.28. The smallest absolute Gasteiger partial charge is 0.0829 e. The van der Waals surface area contributed by atoms with Gasteiger partial charge in [0.05, 0.1) is 12.7 Å². The Bertz CT molecular complexity index is 303. The summed E-state index contributed by atoms with van der Waals surface area (Å²) >= 11 is 0. The zero-order valence-electron chi connectivity index (χ0n) is 14.5. The molecule has 0 aliphatic carbocycles. The van der Waals surface area contributed by atoms with Gasteiger partial charge in [-0.2, -0.15) is 0 Å². The molecule has 2 rings (SSSR count). The molecular formula is C17H35N3O. The van der Waals surface area contributed by atoms with Crippen LogP contribution in [0, 0.1) is 0 Å². The topological polar surface area (TPSA) is 27.7 Å². The van der Waals surface area contributed by atoms with Gasteiger partial charge in [0.2, 0.25) is 0 Å². The van der Waals surface area contributed by atoms with E-state index in [1.54, 1.807) is 0 Å². The summed E-state index contributed by atoms with van der Waals surface area (Å²) in [5, 5.41) is 3.69. The number of hydrogen-bond acceptors (Lipinski definition) is 4. The van der Waals surface area contributed by atoms with Crippen molar-refractivity contribution in [3.63, 3.8) is 0 Å². The zero-order chi connectivity index (χ0) is 15.3. The van der Waals surface area contributed by atoms with Crippen LogP contribution in [0.25, 0.3) is 0 Å². The van der Waals surface area contributed by atoms with Gasteiger partial charge >= 0.3 is 0 Å². The first-order valence-corrected chi connectivity index (χ1v) is 8.81. The SMILES string of the molecule is CCN1CCOC(CN2CCCCC2CNC(C)(C)C)C1. The molecule has 4 nitrogen and oxygen atoms in total. The summed E-state index contributed by atoms with van der Waals surface area (Å²) in [4.78, 5) is 5.19. The van der Waals surface area contributed by atoms with Gasteiger partial charge in [0.15, 0.2) is 0 Å². The van der Waals surface area contributed by atoms with Crippen LogP contribution in [-0.4, -0.2) is 73.4 Å². The monoisotopic (exact) mass is 297 g/mol. The zero-order valence-corrected chi connectivity index (χ0v) is 14.5. The maximum atomic E-state index is 6.00. The molecule has 2 saturated heterocycles. The number of nitrogens with one attached hydrogen (secondary N) is 1. The second-order valence-corrected chi connectivity index (χ2v) is 7.66. The molecule has 0 radical (unpaired) electrons. The molecule has 2 aliphatic rings. The predicted molar refractivity (Wildman–Crippen MR) is 88.8 cm³/mol. The van der Waals surface area contributed by atoms with Crippen molar-refractivity contribution >= 4 is 0 Å². The molecule has 2 unspecified atom stereocenters. The highest BCUT2D eigenvalue weighted by molar-refractivity contribution is 4.85. The first-order chi connectivity index (χ1) is 9.98. The van der Waals surface area contributed by atoms with E-state index >= 15 is 0 Å². The third-order valence-corrected chi connectivity index (χ3v) is 4.73. The third kappa shape index (κ3) is 5.85. The van der Waals surface area contributed by atoms with Crippen LogP contribution in [0.1, 0.15) is 47.0 Å². The van der Waals surface area contributed by atoms with E-state index in [-0.39, 0.29) is 5.54 Å². The molecule has 0 aromatic rings. The van der Waals surface area contributed by atoms with E-state index in [1.165, 1.54) is 25.8 Å². The van der Waals surface area contributed by atoms with E-state index in [0.717, 1.165) is 39.3 Å². The molecule has 2 fully saturated rings. The number of morpholine rings is 1. The molecule has 0 saturated carbocycles. The molecular weight excluding hydrogens is 262 g/mol. The van der Waals surface area contributed by atoms with Crippen molar-refractivity contribution in [2.24, 2.45) is 0 Å². The van der Waals surface area contributed by atoms with Crippen LogP contribution >= 0.6 is 0 Å². The molecule has 0 amide bonds. The molecule has 4 heteroatoms. The van der Waals surface area contributed by atoms with Crippen LogP contribution in [0.15, 0.2) is 0 Å². The number of hydrogen-bond donors (Lipinski definition) is 1. The molecule has 2 aliphatic heterocycles. The molecule has 2 heterocycles. The van der Waals surface area contributed by atoms with Crippen molar-refractivity contribution in [1.82, 2.24) is 15.1 Å². The Morgan fingerprint density at radius 2 is 2.00 bits per heavy atom. The standard InChI is InChI=1S/C17H35N3O/c1-5-19-10-11-21-16(13-19)14-20-9-7-6-8-15(20)12-18-17(2,3)4/h15-16,18H,5-14H2,1-4H3. The molecule has 2 atom stereocenters. The van der Waals surface area contributed by atoms with Crippen LogP contribution in [0.4, 0.5) is 0 Å². The summed E-state index contributed by atoms with van der Waals surface area (Å²) < 4.78 is 6.00. The van der Waals surface area contributed by atoms with Gasteiger partial charge in [-0.3, -0.25) is 9.80 Å². The lowest BCUT2D eigenvalue weighted by Crippen LogP contribution is -2.54. The van der Waals surface area contributed by atoms with Crippen molar-refractivity contribution in [2.45, 2.75) is 64.6 Å². The average Bonchev–Trinajstić information content (AvgIpc) is 2.46. The van der Waals surface area contributed by atoms with Gasteiger partial charge in [0.1, 0.15) is 0 Å². The summed E-state index contributed by atoms with van der Waals surface area (Å²) in [5.41, 5.74) is 0.212. The van der Waals surface area contributed by atoms with E-state index in [4.69, 9.17) is 4.74 Å². The molecule has 0 spiro atoms. The van der Waals surface area contributed by atoms with E-state index in [2.05, 4.69) is 42.8 Å². The van der Waals surface area contributed by atoms with Gasteiger partial charge in [0, 0.05) is 37.8 Å². The van der Waals surface area contributed by atoms with E-state index in [0.29, 0.717) is 12.1 Å². The van der Waals surface area contributed by atoms with Crippen LogP contribution in [-0.2, 0) is 4.74 Å². The van der Waals surface area contributed by atoms with Gasteiger partial charge in [-0.15, -0.1) is 0 Å². The molecule has 124 valence electrons. The molecule has 0 bridgehead atoms. The highest BCUT2D eigenvalue weighted by atomic mass is 16.5. The summed E-state index contributed by atoms with van der Waals surface area (Å²) in [6.45, 7) is 16.7. The number of likely N-dealkylation sites (tertiary alicyclic amines) is 1. The summed E-state index contributed by atoms with van der Waals surface area (Å²) in [7, 11) is 0. The number of ether oxygens (including phenoxy) is 1. The first-order valence-electron chi connectivity index (χ1n) is 8.81. The lowest BCUT2D eigenvalue weighted by Gasteiger charge is -2.41. The Labute approximate surface area is 131 Å². The Morgan fingerprint density at radius 3 is 2.71 bits per heavy atom. The fourth-order valence-corrected chi connectivity index (χ4v) is 3.40. The van der Waals surface area contributed by atoms with Crippen LogP contribution in [0.3, 0.4) is 0 Å². The van der Waals surface area contributed by atoms with Gasteiger partial charge < -0.3 is 10.1 Å². The average molecular weight is 297 g/mol. The summed E-state index contributed by atoms with van der Waals surface area (Å²) in [6, 6.07) is 0.679. The minimum atomic E-state index is 0.212. The molecule has 21 heavy (non-hydrogen) atoms. The van der Waals surface area contributed by atoms with Crippen molar-refractivity contribution in [3.8, 4) is 0 Å². The number of nitrogens with zero attached hydrogens (tertiary/aromatic N) is 2. The normalized spacial score (nSPS) is 29.7. The van der Waals surface area contributed by atoms with Gasteiger partial charge in [-0.1, -0.05) is 13.3 Å². The fraction of sp³-hybridized carbons (Fsp3) is 1.00. The Morgan fingerprint density at radius 1 is 1.19 bits per heavy atom. The fourth-order valence-electron chi connectivity index (χ4n) is 3.40. The molecule has 0 aromatic carbocycles. The van der Waals surface area contributed by atoms with Gasteiger partial charge in [-0.25, -0.2) is 0 Å². The van der Waals surface area contributed by atoms with E-state index < -0.39 is 0 Å². The van der Waals surface area contributed by atoms with Crippen molar-refractivity contribution in [1.29, 1.82) is 0 Å². The van der Waals surface area contributed by atoms with Crippen molar-refractivity contribution < 1.29 is 4.74 Å². The maximum absolute atomic E-state index is 6.00. The largest absolute Gasteiger partial charge is 0.374 e. The molecule has 0 aromatic heterocycles. The van der Waals surface area contributed by atoms with Gasteiger partial charge in [-0.05, 0) is 46.7 Å². The number of piperidine rings is 1. The summed E-state index contributed by atoms with van der Waals surface area (Å²) in [5.74, 6) is 0. The van der Waals surface area contributed by atoms with E-state index in [1.807, 2.05) is 0 Å². The van der Waals surface area contributed by atoms with Crippen molar-refractivity contribution in [3.05, 3.63) is 0 Å². The number of rotatable bonds is 5. The van der Waals surface area contributed by atoms with Crippen LogP contribution in [0.2, 0.25) is 0 Å². The third-order valence-electron chi connectivity index (χ3n) is 4.73. The lowest BCUT2D eigenvalue weighted by molar-refractivity contribution is -0.0508. The minimum absolute atomic E-state index is 0.212. The lowest BCUT2D eigenvalue weighted by atomic mass is 10.00. The Hall–Kier alpha value is -0.160. The Kier molecular flexibility index (Phi) is 6.48. The number of likely N-dealkylation sites (N-methyl/N-ethyl adjacent to an activating group) is 1. The minimum Gasteiger partial charge on any atom is -0.374 e. The molecule has 1 N–H and O–H groups in total. The second kappa shape index (κ2) is 7.91. The maximum Gasteiger partial charge on any atom is 0.0829 e. The predicted octanol–water partition coefficient (Wildman–Crippen LogP) is 1.95. The van der Waals surface area contributed by atoms with Crippen LogP contribution in [0.5, 0.6) is 0 Å². The quantitative estimate of drug-likeness (QED) is 0.839. The highest BCUT2D eigenvalue weighted by Crippen LogP contribution is 2.19. The van der Waals surface area contributed by atoms with E-state index in [9.17, 15) is 0 Å². The summed E-state index contributed by atoms with van der Waals surface area (Å²) in [6.07, 6.45) is 4.44. The van der Waals surface area contributed by atoms with Crippen molar-refractivity contribution in [2.75, 3.05) is 45.9 Å². The van der Waals surface area contributed by atoms with Gasteiger partial charge in [0.25, 0.3) is 0 Å². The Balaban J connectivity index is 1.83.